The summed E-state index contributed by atoms with van der Waals surface area (Å²) in [7, 11) is 0. The number of carbonyl (C=O) groups is 1. The average molecular weight is 218 g/mol. The molecule has 1 saturated carbocycles. The second-order valence-corrected chi connectivity index (χ2v) is 4.79. The van der Waals surface area contributed by atoms with Crippen molar-refractivity contribution in [1.29, 1.82) is 0 Å². The number of aliphatic hydroxyl groups is 1. The van der Waals surface area contributed by atoms with Crippen molar-refractivity contribution in [1.82, 2.24) is 0 Å². The highest BCUT2D eigenvalue weighted by atomic mass is 16.7. The summed E-state index contributed by atoms with van der Waals surface area (Å²) < 4.78 is 5.09. The van der Waals surface area contributed by atoms with E-state index in [0.29, 0.717) is 17.8 Å². The Kier molecular flexibility index (Phi) is 1.89. The van der Waals surface area contributed by atoms with Gasteiger partial charge in [-0.1, -0.05) is 24.8 Å². The Labute approximate surface area is 94.1 Å². The van der Waals surface area contributed by atoms with E-state index in [2.05, 4.69) is 18.7 Å². The van der Waals surface area contributed by atoms with E-state index >= 15 is 0 Å². The highest BCUT2D eigenvalue weighted by Gasteiger charge is 2.57. The van der Waals surface area contributed by atoms with Gasteiger partial charge in [-0.3, -0.25) is 0 Å². The first-order valence-electron chi connectivity index (χ1n) is 5.59. The average Bonchev–Trinajstić information content (AvgIpc) is 2.91. The van der Waals surface area contributed by atoms with Crippen molar-refractivity contribution >= 4 is 5.97 Å². The van der Waals surface area contributed by atoms with Crippen molar-refractivity contribution in [2.75, 3.05) is 0 Å². The molecule has 1 N–H and O–H groups in total. The molecule has 0 radical (unpaired) electrons. The summed E-state index contributed by atoms with van der Waals surface area (Å²) in [4.78, 5) is 11.2. The Bertz CT molecular complexity index is 409. The highest BCUT2D eigenvalue weighted by Crippen LogP contribution is 2.56. The van der Waals surface area contributed by atoms with Gasteiger partial charge in [-0.15, -0.1) is 0 Å². The summed E-state index contributed by atoms with van der Waals surface area (Å²) in [5.74, 6) is -0.862. The Balaban J connectivity index is 1.88. The van der Waals surface area contributed by atoms with Gasteiger partial charge in [0, 0.05) is 12.0 Å². The van der Waals surface area contributed by atoms with E-state index < -0.39 is 11.8 Å². The maximum atomic E-state index is 11.2. The van der Waals surface area contributed by atoms with Crippen LogP contribution in [0, 0.1) is 23.7 Å². The molecule has 0 heterocycles. The lowest BCUT2D eigenvalue weighted by atomic mass is 9.83. The van der Waals surface area contributed by atoms with Gasteiger partial charge in [0.15, 0.2) is 0 Å². The molecule has 3 aliphatic carbocycles. The summed E-state index contributed by atoms with van der Waals surface area (Å²) in [6, 6.07) is 0. The molecule has 0 aromatic carbocycles. The largest absolute Gasteiger partial charge is 0.426 e. The Morgan fingerprint density at radius 1 is 1.44 bits per heavy atom. The third-order valence-electron chi connectivity index (χ3n) is 3.99. The summed E-state index contributed by atoms with van der Waals surface area (Å²) in [6.45, 7) is 3.34. The van der Waals surface area contributed by atoms with Gasteiger partial charge in [-0.2, -0.15) is 0 Å². The number of carbonyl (C=O) groups excluding carboxylic acids is 1. The van der Waals surface area contributed by atoms with E-state index in [1.54, 1.807) is 6.08 Å². The molecule has 5 unspecified atom stereocenters. The van der Waals surface area contributed by atoms with Crippen LogP contribution in [-0.4, -0.2) is 16.9 Å². The molecule has 0 saturated heterocycles. The lowest BCUT2D eigenvalue weighted by Gasteiger charge is -2.32. The van der Waals surface area contributed by atoms with Crippen molar-refractivity contribution < 1.29 is 14.6 Å². The number of fused-ring (bicyclic) bond motifs is 5. The van der Waals surface area contributed by atoms with Gasteiger partial charge in [-0.25, -0.2) is 4.79 Å². The zero-order valence-electron chi connectivity index (χ0n) is 8.87. The summed E-state index contributed by atoms with van der Waals surface area (Å²) in [5.41, 5.74) is 0. The van der Waals surface area contributed by atoms with Crippen molar-refractivity contribution in [3.63, 3.8) is 0 Å². The van der Waals surface area contributed by atoms with Crippen LogP contribution in [0.2, 0.25) is 0 Å². The predicted octanol–water partition coefficient (Wildman–Crippen LogP) is 1.41. The van der Waals surface area contributed by atoms with Gasteiger partial charge in [0.25, 0.3) is 0 Å². The molecule has 0 aromatic rings. The lowest BCUT2D eigenvalue weighted by Crippen LogP contribution is -2.42. The summed E-state index contributed by atoms with van der Waals surface area (Å²) >= 11 is 0. The monoisotopic (exact) mass is 218 g/mol. The molecule has 1 fully saturated rings. The first kappa shape index (κ1) is 9.85. The molecule has 3 nitrogen and oxygen atoms in total. The van der Waals surface area contributed by atoms with E-state index in [1.165, 1.54) is 0 Å². The van der Waals surface area contributed by atoms with E-state index in [0.717, 1.165) is 12.5 Å². The van der Waals surface area contributed by atoms with E-state index in [1.807, 2.05) is 6.08 Å². The minimum Gasteiger partial charge on any atom is -0.426 e. The second kappa shape index (κ2) is 3.08. The lowest BCUT2D eigenvalue weighted by molar-refractivity contribution is -0.205. The minimum atomic E-state index is -1.43. The Hall–Kier alpha value is -1.35. The fraction of sp³-hybridized carbons (Fsp3) is 0.462. The number of hydrogen-bond acceptors (Lipinski definition) is 3. The van der Waals surface area contributed by atoms with E-state index in [4.69, 9.17) is 4.74 Å². The number of hydrogen-bond donors (Lipinski definition) is 1. The predicted molar refractivity (Wildman–Crippen MR) is 58.1 cm³/mol. The molecule has 0 aromatic heterocycles. The standard InChI is InChI=1S/C13H14O3/c1-2-11(14)16-13(15)6-5-10-8-3-4-9(7-8)12(10)13/h2-6,8-10,12,15H,1,7H2. The van der Waals surface area contributed by atoms with Crippen LogP contribution < -0.4 is 0 Å². The molecule has 3 aliphatic rings. The Morgan fingerprint density at radius 3 is 2.94 bits per heavy atom. The zero-order chi connectivity index (χ0) is 11.3. The highest BCUT2D eigenvalue weighted by molar-refractivity contribution is 5.81. The maximum absolute atomic E-state index is 11.2. The van der Waals surface area contributed by atoms with Crippen molar-refractivity contribution in [3.05, 3.63) is 37.0 Å². The van der Waals surface area contributed by atoms with Crippen LogP contribution in [0.5, 0.6) is 0 Å². The van der Waals surface area contributed by atoms with Gasteiger partial charge in [0.1, 0.15) is 0 Å². The fourth-order valence-corrected chi connectivity index (χ4v) is 3.37. The molecule has 3 heteroatoms. The van der Waals surface area contributed by atoms with E-state index in [-0.39, 0.29) is 5.92 Å². The third kappa shape index (κ3) is 1.15. The molecule has 3 rings (SSSR count). The zero-order valence-corrected chi connectivity index (χ0v) is 8.87. The molecule has 0 spiro atoms. The molecule has 0 amide bonds. The quantitative estimate of drug-likeness (QED) is 0.330. The van der Waals surface area contributed by atoms with Gasteiger partial charge < -0.3 is 9.84 Å². The van der Waals surface area contributed by atoms with Crippen molar-refractivity contribution in [2.45, 2.75) is 12.2 Å². The third-order valence-corrected chi connectivity index (χ3v) is 3.99. The molecule has 2 bridgehead atoms. The summed E-state index contributed by atoms with van der Waals surface area (Å²) in [5, 5.41) is 10.4. The van der Waals surface area contributed by atoms with Gasteiger partial charge in [0.2, 0.25) is 5.79 Å². The van der Waals surface area contributed by atoms with Crippen LogP contribution in [0.25, 0.3) is 0 Å². The first-order valence-corrected chi connectivity index (χ1v) is 5.59. The molecule has 16 heavy (non-hydrogen) atoms. The van der Waals surface area contributed by atoms with Gasteiger partial charge >= 0.3 is 5.97 Å². The molecule has 5 atom stereocenters. The van der Waals surface area contributed by atoms with Gasteiger partial charge in [-0.05, 0) is 30.3 Å². The fourth-order valence-electron chi connectivity index (χ4n) is 3.37. The minimum absolute atomic E-state index is 0.00796. The summed E-state index contributed by atoms with van der Waals surface area (Å²) in [6.07, 6.45) is 10.1. The second-order valence-electron chi connectivity index (χ2n) is 4.79. The molecular formula is C13H14O3. The molecular weight excluding hydrogens is 204 g/mol. The van der Waals surface area contributed by atoms with Crippen molar-refractivity contribution in [2.24, 2.45) is 23.7 Å². The van der Waals surface area contributed by atoms with Crippen LogP contribution in [0.15, 0.2) is 37.0 Å². The van der Waals surface area contributed by atoms with E-state index in [9.17, 15) is 9.90 Å². The van der Waals surface area contributed by atoms with Crippen LogP contribution >= 0.6 is 0 Å². The van der Waals surface area contributed by atoms with Crippen LogP contribution in [0.4, 0.5) is 0 Å². The van der Waals surface area contributed by atoms with Crippen LogP contribution in [-0.2, 0) is 9.53 Å². The Morgan fingerprint density at radius 2 is 2.19 bits per heavy atom. The molecule has 84 valence electrons. The maximum Gasteiger partial charge on any atom is 0.332 e. The number of esters is 1. The normalized spacial score (nSPS) is 47.1. The topological polar surface area (TPSA) is 46.5 Å². The number of rotatable bonds is 2. The van der Waals surface area contributed by atoms with Crippen LogP contribution in [0.1, 0.15) is 6.42 Å². The first-order chi connectivity index (χ1) is 7.64. The SMILES string of the molecule is C=CC(=O)OC1(O)C=CC2C3C=CC(C3)C21. The number of allylic oxidation sites excluding steroid dienone is 3. The molecule has 0 aliphatic heterocycles. The van der Waals surface area contributed by atoms with Gasteiger partial charge in [0.05, 0.1) is 0 Å². The number of ether oxygens (including phenoxy) is 1. The smallest absolute Gasteiger partial charge is 0.332 e. The van der Waals surface area contributed by atoms with Crippen molar-refractivity contribution in [3.8, 4) is 0 Å². The van der Waals surface area contributed by atoms with Crippen LogP contribution in [0.3, 0.4) is 0 Å².